The molecule has 8 heteroatoms. The molecule has 138 valence electrons. The third-order valence-electron chi connectivity index (χ3n) is 5.38. The Morgan fingerprint density at radius 2 is 2.08 bits per heavy atom. The molecule has 0 spiro atoms. The summed E-state index contributed by atoms with van der Waals surface area (Å²) >= 11 is 0. The summed E-state index contributed by atoms with van der Waals surface area (Å²) in [4.78, 5) is 38.0. The molecule has 1 aromatic carbocycles. The van der Waals surface area contributed by atoms with Gasteiger partial charge in [-0.05, 0) is 17.5 Å². The molecule has 2 fully saturated rings. The number of aliphatic hydroxyl groups excluding tert-OH is 1. The SMILES string of the molecule is O=C1CCC(N2Cc3cccc(CN[C@H]4CNC[C@H]4O)c3C2=O)C(=O)N1. The van der Waals surface area contributed by atoms with E-state index in [1.165, 1.54) is 0 Å². The topological polar surface area (TPSA) is 111 Å². The number of β-amino-alcohol motifs (C(OH)–C–C–N with tert-alkyl or cyclic N) is 1. The van der Waals surface area contributed by atoms with E-state index in [0.717, 1.165) is 11.1 Å². The van der Waals surface area contributed by atoms with Crippen molar-refractivity contribution < 1.29 is 19.5 Å². The zero-order valence-electron chi connectivity index (χ0n) is 14.3. The number of hydrogen-bond donors (Lipinski definition) is 4. The number of amides is 3. The van der Waals surface area contributed by atoms with Gasteiger partial charge in [0.1, 0.15) is 6.04 Å². The highest BCUT2D eigenvalue weighted by Crippen LogP contribution is 2.29. The standard InChI is InChI=1S/C18H22N4O4/c23-14-8-19-7-12(14)20-6-10-2-1-3-11-9-22(18(26)16(10)11)13-4-5-15(24)21-17(13)25/h1-3,12-14,19-20,23H,4-9H2,(H,21,24,25)/t12-,13?,14+/m0/s1. The van der Waals surface area contributed by atoms with Crippen LogP contribution < -0.4 is 16.0 Å². The number of fused-ring (bicyclic) bond motifs is 1. The summed E-state index contributed by atoms with van der Waals surface area (Å²) in [5.74, 6) is -0.858. The molecule has 0 aliphatic carbocycles. The molecule has 1 aromatic rings. The predicted octanol–water partition coefficient (Wildman–Crippen LogP) is -1.13. The molecule has 8 nitrogen and oxygen atoms in total. The second-order valence-corrected chi connectivity index (χ2v) is 7.06. The molecule has 4 rings (SSSR count). The average molecular weight is 358 g/mol. The van der Waals surface area contributed by atoms with Gasteiger partial charge in [0.15, 0.2) is 0 Å². The van der Waals surface area contributed by atoms with Crippen LogP contribution in [0.1, 0.15) is 34.3 Å². The minimum Gasteiger partial charge on any atom is -0.390 e. The average Bonchev–Trinajstić information content (AvgIpc) is 3.17. The minimum atomic E-state index is -0.603. The highest BCUT2D eigenvalue weighted by Gasteiger charge is 2.40. The first-order chi connectivity index (χ1) is 12.5. The van der Waals surface area contributed by atoms with E-state index in [0.29, 0.717) is 38.2 Å². The fraction of sp³-hybridized carbons (Fsp3) is 0.500. The monoisotopic (exact) mass is 358 g/mol. The van der Waals surface area contributed by atoms with E-state index in [-0.39, 0.29) is 24.3 Å². The molecule has 3 aliphatic rings. The van der Waals surface area contributed by atoms with Gasteiger partial charge in [-0.1, -0.05) is 18.2 Å². The van der Waals surface area contributed by atoms with Crippen molar-refractivity contribution in [1.29, 1.82) is 0 Å². The van der Waals surface area contributed by atoms with Crippen LogP contribution in [0.4, 0.5) is 0 Å². The van der Waals surface area contributed by atoms with Gasteiger partial charge in [0.25, 0.3) is 5.91 Å². The molecule has 3 aliphatic heterocycles. The number of rotatable bonds is 4. The number of carbonyl (C=O) groups excluding carboxylic acids is 3. The number of nitrogens with one attached hydrogen (secondary N) is 3. The summed E-state index contributed by atoms with van der Waals surface area (Å²) in [6.07, 6.45) is 0.164. The van der Waals surface area contributed by atoms with Crippen molar-refractivity contribution in [2.45, 2.75) is 44.1 Å². The molecule has 1 unspecified atom stereocenters. The predicted molar refractivity (Wildman–Crippen MR) is 92.0 cm³/mol. The van der Waals surface area contributed by atoms with Crippen molar-refractivity contribution in [3.63, 3.8) is 0 Å². The van der Waals surface area contributed by atoms with Crippen LogP contribution in [0.5, 0.6) is 0 Å². The summed E-state index contributed by atoms with van der Waals surface area (Å²) in [6.45, 7) is 2.10. The van der Waals surface area contributed by atoms with Crippen LogP contribution in [-0.4, -0.2) is 59.0 Å². The molecule has 0 bridgehead atoms. The summed E-state index contributed by atoms with van der Waals surface area (Å²) in [5, 5.41) is 18.6. The first-order valence-corrected chi connectivity index (χ1v) is 8.92. The number of aliphatic hydroxyl groups is 1. The van der Waals surface area contributed by atoms with Gasteiger partial charge in [-0.15, -0.1) is 0 Å². The number of carbonyl (C=O) groups is 3. The maximum absolute atomic E-state index is 13.0. The van der Waals surface area contributed by atoms with Crippen LogP contribution in [-0.2, 0) is 22.7 Å². The van der Waals surface area contributed by atoms with Crippen LogP contribution in [0.25, 0.3) is 0 Å². The maximum Gasteiger partial charge on any atom is 0.255 e. The van der Waals surface area contributed by atoms with Gasteiger partial charge in [-0.25, -0.2) is 0 Å². The lowest BCUT2D eigenvalue weighted by molar-refractivity contribution is -0.136. The number of imide groups is 1. The lowest BCUT2D eigenvalue weighted by Crippen LogP contribution is -2.52. The Bertz CT molecular complexity index is 766. The number of benzene rings is 1. The number of piperidine rings is 1. The van der Waals surface area contributed by atoms with E-state index in [1.807, 2.05) is 18.2 Å². The third kappa shape index (κ3) is 3.00. The van der Waals surface area contributed by atoms with Crippen LogP contribution in [0.3, 0.4) is 0 Å². The van der Waals surface area contributed by atoms with E-state index in [2.05, 4.69) is 16.0 Å². The molecule has 4 N–H and O–H groups in total. The molecule has 2 saturated heterocycles. The first-order valence-electron chi connectivity index (χ1n) is 8.92. The zero-order valence-corrected chi connectivity index (χ0v) is 14.3. The Labute approximate surface area is 150 Å². The maximum atomic E-state index is 13.0. The van der Waals surface area contributed by atoms with Crippen molar-refractivity contribution in [3.05, 3.63) is 34.9 Å². The van der Waals surface area contributed by atoms with Gasteiger partial charge >= 0.3 is 0 Å². The lowest BCUT2D eigenvalue weighted by atomic mass is 10.0. The Morgan fingerprint density at radius 3 is 2.81 bits per heavy atom. The summed E-state index contributed by atoms with van der Waals surface area (Å²) in [6, 6.07) is 5.05. The Balaban J connectivity index is 1.51. The van der Waals surface area contributed by atoms with E-state index in [4.69, 9.17) is 0 Å². The van der Waals surface area contributed by atoms with E-state index in [9.17, 15) is 19.5 Å². The second-order valence-electron chi connectivity index (χ2n) is 7.06. The van der Waals surface area contributed by atoms with Gasteiger partial charge in [-0.2, -0.15) is 0 Å². The van der Waals surface area contributed by atoms with Gasteiger partial charge in [-0.3, -0.25) is 19.7 Å². The van der Waals surface area contributed by atoms with Crippen molar-refractivity contribution in [1.82, 2.24) is 20.9 Å². The minimum absolute atomic E-state index is 0.0476. The molecule has 0 radical (unpaired) electrons. The van der Waals surface area contributed by atoms with E-state index >= 15 is 0 Å². The summed E-state index contributed by atoms with van der Waals surface area (Å²) in [7, 11) is 0. The summed E-state index contributed by atoms with van der Waals surface area (Å²) < 4.78 is 0. The van der Waals surface area contributed by atoms with Gasteiger partial charge in [0.2, 0.25) is 11.8 Å². The number of hydrogen-bond acceptors (Lipinski definition) is 6. The molecular formula is C18H22N4O4. The fourth-order valence-corrected chi connectivity index (χ4v) is 3.95. The zero-order chi connectivity index (χ0) is 18.3. The Morgan fingerprint density at radius 1 is 1.23 bits per heavy atom. The largest absolute Gasteiger partial charge is 0.390 e. The molecule has 3 atom stereocenters. The highest BCUT2D eigenvalue weighted by atomic mass is 16.3. The van der Waals surface area contributed by atoms with Crippen molar-refractivity contribution in [2.75, 3.05) is 13.1 Å². The Kier molecular flexibility index (Phi) is 4.47. The van der Waals surface area contributed by atoms with Crippen molar-refractivity contribution >= 4 is 17.7 Å². The molecule has 0 saturated carbocycles. The van der Waals surface area contributed by atoms with Gasteiger partial charge in [0, 0.05) is 44.2 Å². The normalized spacial score (nSPS) is 28.4. The smallest absolute Gasteiger partial charge is 0.255 e. The van der Waals surface area contributed by atoms with Crippen molar-refractivity contribution in [2.24, 2.45) is 0 Å². The van der Waals surface area contributed by atoms with Crippen LogP contribution in [0.15, 0.2) is 18.2 Å². The van der Waals surface area contributed by atoms with Gasteiger partial charge < -0.3 is 20.6 Å². The molecule has 3 heterocycles. The lowest BCUT2D eigenvalue weighted by Gasteiger charge is -2.29. The van der Waals surface area contributed by atoms with Crippen molar-refractivity contribution in [3.8, 4) is 0 Å². The fourth-order valence-electron chi connectivity index (χ4n) is 3.95. The third-order valence-corrected chi connectivity index (χ3v) is 5.38. The molecule has 3 amide bonds. The Hall–Kier alpha value is -2.29. The molecular weight excluding hydrogens is 336 g/mol. The van der Waals surface area contributed by atoms with Crippen LogP contribution >= 0.6 is 0 Å². The van der Waals surface area contributed by atoms with Gasteiger partial charge in [0.05, 0.1) is 6.10 Å². The van der Waals surface area contributed by atoms with E-state index < -0.39 is 18.1 Å². The molecule has 0 aromatic heterocycles. The van der Waals surface area contributed by atoms with E-state index in [1.54, 1.807) is 4.90 Å². The van der Waals surface area contributed by atoms with Crippen LogP contribution in [0, 0.1) is 0 Å². The quantitative estimate of drug-likeness (QED) is 0.507. The highest BCUT2D eigenvalue weighted by molar-refractivity contribution is 6.05. The number of nitrogens with zero attached hydrogens (tertiary/aromatic N) is 1. The first kappa shape index (κ1) is 17.1. The van der Waals surface area contributed by atoms with Crippen LogP contribution in [0.2, 0.25) is 0 Å². The summed E-state index contributed by atoms with van der Waals surface area (Å²) in [5.41, 5.74) is 2.38. The second kappa shape index (κ2) is 6.79. The molecule has 26 heavy (non-hydrogen) atoms.